The fourth-order valence-corrected chi connectivity index (χ4v) is 2.78. The maximum absolute atomic E-state index is 12.0. The van der Waals surface area contributed by atoms with Crippen molar-refractivity contribution in [1.29, 1.82) is 0 Å². The molecule has 0 aromatic carbocycles. The number of rotatable bonds is 3. The van der Waals surface area contributed by atoms with Gasteiger partial charge in [0.2, 0.25) is 10.0 Å². The Hall–Kier alpha value is -0.340. The molecular weight excluding hydrogens is 257 g/mol. The van der Waals surface area contributed by atoms with Crippen LogP contribution in [0.5, 0.6) is 0 Å². The first-order chi connectivity index (χ1) is 7.39. The Labute approximate surface area is 99.2 Å². The minimum atomic E-state index is -4.70. The lowest BCUT2D eigenvalue weighted by atomic mass is 9.98. The van der Waals surface area contributed by atoms with E-state index in [1.54, 1.807) is 0 Å². The average molecular weight is 274 g/mol. The Morgan fingerprint density at radius 1 is 1.24 bits per heavy atom. The van der Waals surface area contributed by atoms with Gasteiger partial charge in [-0.05, 0) is 20.8 Å². The summed E-state index contributed by atoms with van der Waals surface area (Å²) in [6.07, 6.45) is -4.70. The molecule has 0 unspecified atom stereocenters. The SMILES string of the molecule is CC(C)(C)N1CC(NS(=O)(=O)CC(F)(F)F)C1. The Bertz CT molecular complexity index is 367. The third-order valence-corrected chi connectivity index (χ3v) is 3.93. The average Bonchev–Trinajstić information content (AvgIpc) is 1.87. The van der Waals surface area contributed by atoms with Crippen LogP contribution in [0.25, 0.3) is 0 Å². The van der Waals surface area contributed by atoms with E-state index in [0.717, 1.165) is 0 Å². The van der Waals surface area contributed by atoms with E-state index in [1.165, 1.54) is 0 Å². The second kappa shape index (κ2) is 4.40. The van der Waals surface area contributed by atoms with Crippen molar-refractivity contribution in [3.05, 3.63) is 0 Å². The van der Waals surface area contributed by atoms with E-state index < -0.39 is 28.0 Å². The Morgan fingerprint density at radius 2 is 1.71 bits per heavy atom. The molecule has 0 amide bonds. The highest BCUT2D eigenvalue weighted by Crippen LogP contribution is 2.22. The number of halogens is 3. The summed E-state index contributed by atoms with van der Waals surface area (Å²) < 4.78 is 60.3. The summed E-state index contributed by atoms with van der Waals surface area (Å²) >= 11 is 0. The Kier molecular flexibility index (Phi) is 3.81. The van der Waals surface area contributed by atoms with E-state index in [2.05, 4.69) is 4.72 Å². The van der Waals surface area contributed by atoms with Crippen molar-refractivity contribution in [1.82, 2.24) is 9.62 Å². The van der Waals surface area contributed by atoms with Crippen LogP contribution in [0, 0.1) is 0 Å². The summed E-state index contributed by atoms with van der Waals surface area (Å²) in [5.41, 5.74) is -0.0913. The van der Waals surface area contributed by atoms with Crippen molar-refractivity contribution in [2.45, 2.75) is 38.5 Å². The highest BCUT2D eigenvalue weighted by Gasteiger charge is 2.40. The van der Waals surface area contributed by atoms with Crippen LogP contribution in [-0.2, 0) is 10.0 Å². The number of likely N-dealkylation sites (tertiary alicyclic amines) is 1. The molecule has 1 saturated heterocycles. The summed E-state index contributed by atoms with van der Waals surface area (Å²) in [6, 6.07) is -0.415. The quantitative estimate of drug-likeness (QED) is 0.833. The van der Waals surface area contributed by atoms with Gasteiger partial charge in [-0.3, -0.25) is 4.90 Å². The highest BCUT2D eigenvalue weighted by molar-refractivity contribution is 7.89. The van der Waals surface area contributed by atoms with Crippen molar-refractivity contribution in [2.24, 2.45) is 0 Å². The summed E-state index contributed by atoms with van der Waals surface area (Å²) in [5.74, 6) is -1.81. The molecule has 4 nitrogen and oxygen atoms in total. The molecule has 17 heavy (non-hydrogen) atoms. The molecule has 0 radical (unpaired) electrons. The summed E-state index contributed by atoms with van der Waals surface area (Å²) in [7, 11) is -4.27. The molecule has 0 saturated carbocycles. The number of hydrogen-bond acceptors (Lipinski definition) is 3. The predicted octanol–water partition coefficient (Wildman–Crippen LogP) is 0.951. The molecule has 8 heteroatoms. The predicted molar refractivity (Wildman–Crippen MR) is 58.1 cm³/mol. The molecule has 1 aliphatic rings. The molecule has 0 bridgehead atoms. The molecule has 1 heterocycles. The van der Waals surface area contributed by atoms with Crippen molar-refractivity contribution < 1.29 is 21.6 Å². The number of hydrogen-bond donors (Lipinski definition) is 1. The molecule has 0 atom stereocenters. The minimum Gasteiger partial charge on any atom is -0.295 e. The van der Waals surface area contributed by atoms with Crippen molar-refractivity contribution in [2.75, 3.05) is 18.8 Å². The zero-order chi connectivity index (χ0) is 13.5. The molecule has 1 aliphatic heterocycles. The van der Waals surface area contributed by atoms with E-state index in [-0.39, 0.29) is 5.54 Å². The topological polar surface area (TPSA) is 49.4 Å². The van der Waals surface area contributed by atoms with Crippen LogP contribution in [0.1, 0.15) is 20.8 Å². The second-order valence-electron chi connectivity index (χ2n) is 5.26. The lowest BCUT2D eigenvalue weighted by Crippen LogP contribution is -2.64. The van der Waals surface area contributed by atoms with Gasteiger partial charge < -0.3 is 0 Å². The lowest BCUT2D eigenvalue weighted by Gasteiger charge is -2.47. The Morgan fingerprint density at radius 3 is 2.06 bits per heavy atom. The van der Waals surface area contributed by atoms with Crippen LogP contribution < -0.4 is 4.72 Å². The summed E-state index contributed by atoms with van der Waals surface area (Å²) in [6.45, 7) is 6.79. The van der Waals surface area contributed by atoms with E-state index >= 15 is 0 Å². The third-order valence-electron chi connectivity index (χ3n) is 2.53. The fraction of sp³-hybridized carbons (Fsp3) is 1.00. The fourth-order valence-electron chi connectivity index (χ4n) is 1.61. The molecule has 0 aromatic heterocycles. The molecule has 0 aliphatic carbocycles. The van der Waals surface area contributed by atoms with Gasteiger partial charge in [-0.1, -0.05) is 0 Å². The van der Waals surface area contributed by atoms with Crippen LogP contribution in [0.15, 0.2) is 0 Å². The van der Waals surface area contributed by atoms with E-state index in [0.29, 0.717) is 13.1 Å². The molecule has 1 fully saturated rings. The van der Waals surface area contributed by atoms with Gasteiger partial charge in [0.15, 0.2) is 5.75 Å². The van der Waals surface area contributed by atoms with Gasteiger partial charge >= 0.3 is 6.18 Å². The van der Waals surface area contributed by atoms with Crippen molar-refractivity contribution >= 4 is 10.0 Å². The lowest BCUT2D eigenvalue weighted by molar-refractivity contribution is -0.106. The van der Waals surface area contributed by atoms with E-state index in [4.69, 9.17) is 0 Å². The molecule has 0 spiro atoms. The smallest absolute Gasteiger partial charge is 0.295 e. The third kappa shape index (κ3) is 4.81. The van der Waals surface area contributed by atoms with Crippen LogP contribution in [0.2, 0.25) is 0 Å². The monoisotopic (exact) mass is 274 g/mol. The van der Waals surface area contributed by atoms with Gasteiger partial charge in [0.25, 0.3) is 0 Å². The molecular formula is C9H17F3N2O2S. The first-order valence-corrected chi connectivity index (χ1v) is 6.86. The number of sulfonamides is 1. The van der Waals surface area contributed by atoms with Gasteiger partial charge in [0.1, 0.15) is 0 Å². The maximum Gasteiger partial charge on any atom is 0.404 e. The normalized spacial score (nSPS) is 20.4. The van der Waals surface area contributed by atoms with Crippen LogP contribution >= 0.6 is 0 Å². The van der Waals surface area contributed by atoms with Gasteiger partial charge in [-0.15, -0.1) is 0 Å². The Balaban J connectivity index is 2.44. The number of nitrogens with one attached hydrogen (secondary N) is 1. The minimum absolute atomic E-state index is 0.0913. The maximum atomic E-state index is 12.0. The van der Waals surface area contributed by atoms with E-state index in [1.807, 2.05) is 25.7 Å². The van der Waals surface area contributed by atoms with Gasteiger partial charge in [-0.2, -0.15) is 13.2 Å². The van der Waals surface area contributed by atoms with Gasteiger partial charge in [-0.25, -0.2) is 13.1 Å². The standard InChI is InChI=1S/C9H17F3N2O2S/c1-8(2,3)14-4-7(5-14)13-17(15,16)6-9(10,11)12/h7,13H,4-6H2,1-3H3. The second-order valence-corrected chi connectivity index (χ2v) is 7.02. The van der Waals surface area contributed by atoms with Crippen LogP contribution in [-0.4, -0.2) is 49.9 Å². The number of nitrogens with zero attached hydrogens (tertiary/aromatic N) is 1. The zero-order valence-electron chi connectivity index (χ0n) is 10.0. The largest absolute Gasteiger partial charge is 0.404 e. The summed E-state index contributed by atoms with van der Waals surface area (Å²) in [5, 5.41) is 0. The molecule has 0 aromatic rings. The summed E-state index contributed by atoms with van der Waals surface area (Å²) in [4.78, 5) is 1.99. The van der Waals surface area contributed by atoms with Crippen LogP contribution in [0.3, 0.4) is 0 Å². The van der Waals surface area contributed by atoms with Gasteiger partial charge in [0, 0.05) is 24.7 Å². The molecule has 102 valence electrons. The first-order valence-electron chi connectivity index (χ1n) is 5.21. The van der Waals surface area contributed by atoms with Crippen molar-refractivity contribution in [3.8, 4) is 0 Å². The van der Waals surface area contributed by atoms with Gasteiger partial charge in [0.05, 0.1) is 0 Å². The van der Waals surface area contributed by atoms with Crippen molar-refractivity contribution in [3.63, 3.8) is 0 Å². The zero-order valence-corrected chi connectivity index (χ0v) is 10.8. The first kappa shape index (κ1) is 14.7. The molecule has 1 rings (SSSR count). The van der Waals surface area contributed by atoms with E-state index in [9.17, 15) is 21.6 Å². The van der Waals surface area contributed by atoms with Crippen LogP contribution in [0.4, 0.5) is 13.2 Å². The molecule has 1 N–H and O–H groups in total. The number of alkyl halides is 3. The highest BCUT2D eigenvalue weighted by atomic mass is 32.2.